The minimum atomic E-state index is -3.74. The van der Waals surface area contributed by atoms with Crippen LogP contribution in [0.4, 0.5) is 0 Å². The third-order valence-corrected chi connectivity index (χ3v) is 6.67. The first-order valence-corrected chi connectivity index (χ1v) is 11.1. The van der Waals surface area contributed by atoms with Gasteiger partial charge in [0.15, 0.2) is 0 Å². The van der Waals surface area contributed by atoms with Gasteiger partial charge in [-0.15, -0.1) is 0 Å². The largest absolute Gasteiger partial charge is 0.489 e. The highest BCUT2D eigenvalue weighted by Crippen LogP contribution is 2.26. The van der Waals surface area contributed by atoms with Gasteiger partial charge in [-0.2, -0.15) is 4.31 Å². The fourth-order valence-corrected chi connectivity index (χ4v) is 4.69. The van der Waals surface area contributed by atoms with Crippen LogP contribution in [-0.4, -0.2) is 58.7 Å². The molecule has 1 N–H and O–H groups in total. The van der Waals surface area contributed by atoms with Gasteiger partial charge in [0, 0.05) is 25.7 Å². The third-order valence-electron chi connectivity index (χ3n) is 4.69. The van der Waals surface area contributed by atoms with Gasteiger partial charge in [0.25, 0.3) is 0 Å². The van der Waals surface area contributed by atoms with Crippen molar-refractivity contribution in [3.05, 3.63) is 59.7 Å². The SMILES string of the molecule is COC(=O)CNCc1ccc(OCc2ccccc2)cc1S(=O)(=O)N1CCOCC1. The van der Waals surface area contributed by atoms with Gasteiger partial charge in [-0.1, -0.05) is 36.4 Å². The van der Waals surface area contributed by atoms with Crippen LogP contribution in [-0.2, 0) is 37.4 Å². The molecule has 0 amide bonds. The third kappa shape index (κ3) is 5.79. The molecular formula is C21H26N2O6S. The molecule has 8 nitrogen and oxygen atoms in total. The molecule has 0 spiro atoms. The van der Waals surface area contributed by atoms with Crippen molar-refractivity contribution in [3.63, 3.8) is 0 Å². The van der Waals surface area contributed by atoms with Gasteiger partial charge in [0.05, 0.1) is 31.8 Å². The molecule has 0 saturated carbocycles. The lowest BCUT2D eigenvalue weighted by Gasteiger charge is -2.27. The second-order valence-electron chi connectivity index (χ2n) is 6.74. The molecule has 0 radical (unpaired) electrons. The molecule has 162 valence electrons. The van der Waals surface area contributed by atoms with Crippen LogP contribution in [0, 0.1) is 0 Å². The van der Waals surface area contributed by atoms with Crippen LogP contribution >= 0.6 is 0 Å². The Morgan fingerprint density at radius 3 is 2.57 bits per heavy atom. The van der Waals surface area contributed by atoms with Crippen molar-refractivity contribution in [1.82, 2.24) is 9.62 Å². The molecule has 0 atom stereocenters. The maximum atomic E-state index is 13.3. The first-order chi connectivity index (χ1) is 14.5. The van der Waals surface area contributed by atoms with Gasteiger partial charge in [0.1, 0.15) is 12.4 Å². The Kier molecular flexibility index (Phi) is 7.81. The number of benzene rings is 2. The van der Waals surface area contributed by atoms with E-state index in [-0.39, 0.29) is 18.0 Å². The molecule has 0 aromatic heterocycles. The van der Waals surface area contributed by atoms with E-state index in [4.69, 9.17) is 9.47 Å². The molecule has 1 fully saturated rings. The summed E-state index contributed by atoms with van der Waals surface area (Å²) in [6.45, 7) is 1.84. The molecule has 1 aliphatic rings. The minimum absolute atomic E-state index is 0.0141. The number of hydrogen-bond donors (Lipinski definition) is 1. The monoisotopic (exact) mass is 434 g/mol. The summed E-state index contributed by atoms with van der Waals surface area (Å²) in [5, 5.41) is 2.92. The second-order valence-corrected chi connectivity index (χ2v) is 8.65. The number of nitrogens with zero attached hydrogens (tertiary/aromatic N) is 1. The Morgan fingerprint density at radius 1 is 1.13 bits per heavy atom. The van der Waals surface area contributed by atoms with Crippen molar-refractivity contribution in [2.24, 2.45) is 0 Å². The van der Waals surface area contributed by atoms with Gasteiger partial charge in [-0.3, -0.25) is 4.79 Å². The Morgan fingerprint density at radius 2 is 1.87 bits per heavy atom. The molecule has 3 rings (SSSR count). The van der Waals surface area contributed by atoms with Gasteiger partial charge >= 0.3 is 5.97 Å². The maximum Gasteiger partial charge on any atom is 0.319 e. The Hall–Kier alpha value is -2.46. The predicted octanol–water partition coefficient (Wildman–Crippen LogP) is 1.55. The summed E-state index contributed by atoms with van der Waals surface area (Å²) >= 11 is 0. The topological polar surface area (TPSA) is 94.2 Å². The Bertz CT molecular complexity index is 943. The van der Waals surface area contributed by atoms with Gasteiger partial charge < -0.3 is 19.5 Å². The van der Waals surface area contributed by atoms with Crippen LogP contribution in [0.2, 0.25) is 0 Å². The van der Waals surface area contributed by atoms with E-state index in [2.05, 4.69) is 10.1 Å². The first-order valence-electron chi connectivity index (χ1n) is 9.66. The van der Waals surface area contributed by atoms with Gasteiger partial charge in [-0.25, -0.2) is 8.42 Å². The second kappa shape index (κ2) is 10.5. The Balaban J connectivity index is 1.83. The summed E-state index contributed by atoms with van der Waals surface area (Å²) in [5.41, 5.74) is 1.54. The van der Waals surface area contributed by atoms with Crippen molar-refractivity contribution in [2.45, 2.75) is 18.0 Å². The maximum absolute atomic E-state index is 13.3. The number of hydrogen-bond acceptors (Lipinski definition) is 7. The highest BCUT2D eigenvalue weighted by atomic mass is 32.2. The molecule has 0 bridgehead atoms. The van der Waals surface area contributed by atoms with E-state index < -0.39 is 16.0 Å². The van der Waals surface area contributed by atoms with E-state index in [0.717, 1.165) is 5.56 Å². The zero-order chi connectivity index (χ0) is 21.4. The van der Waals surface area contributed by atoms with Crippen LogP contribution in [0.15, 0.2) is 53.4 Å². The molecule has 2 aromatic carbocycles. The fraction of sp³-hybridized carbons (Fsp3) is 0.381. The summed E-state index contributed by atoms with van der Waals surface area (Å²) in [4.78, 5) is 11.5. The molecule has 1 heterocycles. The van der Waals surface area contributed by atoms with Crippen molar-refractivity contribution in [1.29, 1.82) is 0 Å². The van der Waals surface area contributed by atoms with Crippen molar-refractivity contribution in [3.8, 4) is 5.75 Å². The van der Waals surface area contributed by atoms with Crippen molar-refractivity contribution >= 4 is 16.0 Å². The number of morpholine rings is 1. The molecular weight excluding hydrogens is 408 g/mol. The molecule has 30 heavy (non-hydrogen) atoms. The van der Waals surface area contributed by atoms with Crippen LogP contribution in [0.25, 0.3) is 0 Å². The minimum Gasteiger partial charge on any atom is -0.489 e. The summed E-state index contributed by atoms with van der Waals surface area (Å²) in [6.07, 6.45) is 0. The quantitative estimate of drug-likeness (QED) is 0.599. The van der Waals surface area contributed by atoms with Crippen LogP contribution in [0.5, 0.6) is 5.75 Å². The number of nitrogens with one attached hydrogen (secondary N) is 1. The number of sulfonamides is 1. The summed E-state index contributed by atoms with van der Waals surface area (Å²) in [6, 6.07) is 14.6. The summed E-state index contributed by atoms with van der Waals surface area (Å²) < 4.78 is 43.7. The molecule has 1 aliphatic heterocycles. The smallest absolute Gasteiger partial charge is 0.319 e. The molecule has 2 aromatic rings. The standard InChI is InChI=1S/C21H26N2O6S/c1-27-21(24)15-22-14-18-7-8-19(29-16-17-5-3-2-4-6-17)13-20(18)30(25,26)23-9-11-28-12-10-23/h2-8,13,22H,9-12,14-16H2,1H3. The van der Waals surface area contributed by atoms with Crippen molar-refractivity contribution in [2.75, 3.05) is 40.0 Å². The zero-order valence-electron chi connectivity index (χ0n) is 16.9. The van der Waals surface area contributed by atoms with Crippen molar-refractivity contribution < 1.29 is 27.4 Å². The number of methoxy groups -OCH3 is 1. The van der Waals surface area contributed by atoms with E-state index in [1.54, 1.807) is 18.2 Å². The zero-order valence-corrected chi connectivity index (χ0v) is 17.7. The number of carbonyl (C=O) groups is 1. The van der Waals surface area contributed by atoms with E-state index >= 15 is 0 Å². The number of carbonyl (C=O) groups excluding carboxylic acids is 1. The predicted molar refractivity (Wildman–Crippen MR) is 111 cm³/mol. The normalized spacial score (nSPS) is 15.0. The highest BCUT2D eigenvalue weighted by Gasteiger charge is 2.29. The molecule has 0 unspecified atom stereocenters. The summed E-state index contributed by atoms with van der Waals surface area (Å²) in [5.74, 6) is 0.0396. The lowest BCUT2D eigenvalue weighted by atomic mass is 10.2. The lowest BCUT2D eigenvalue weighted by molar-refractivity contribution is -0.139. The van der Waals surface area contributed by atoms with Gasteiger partial charge in [-0.05, 0) is 17.2 Å². The number of ether oxygens (including phenoxy) is 3. The van der Waals surface area contributed by atoms with E-state index in [1.807, 2.05) is 30.3 Å². The number of esters is 1. The Labute approximate surface area is 176 Å². The average molecular weight is 435 g/mol. The van der Waals surface area contributed by atoms with Crippen LogP contribution in [0.3, 0.4) is 0 Å². The van der Waals surface area contributed by atoms with Gasteiger partial charge in [0.2, 0.25) is 10.0 Å². The number of rotatable bonds is 9. The van der Waals surface area contributed by atoms with E-state index in [0.29, 0.717) is 44.2 Å². The summed E-state index contributed by atoms with van der Waals surface area (Å²) in [7, 11) is -2.43. The van der Waals surface area contributed by atoms with E-state index in [1.165, 1.54) is 11.4 Å². The van der Waals surface area contributed by atoms with E-state index in [9.17, 15) is 13.2 Å². The van der Waals surface area contributed by atoms with Crippen LogP contribution < -0.4 is 10.1 Å². The first kappa shape index (κ1) is 22.2. The molecule has 9 heteroatoms. The van der Waals surface area contributed by atoms with Crippen LogP contribution in [0.1, 0.15) is 11.1 Å². The lowest BCUT2D eigenvalue weighted by Crippen LogP contribution is -2.41. The fourth-order valence-electron chi connectivity index (χ4n) is 3.05. The highest BCUT2D eigenvalue weighted by molar-refractivity contribution is 7.89. The average Bonchev–Trinajstić information content (AvgIpc) is 2.79. The molecule has 0 aliphatic carbocycles. The molecule has 1 saturated heterocycles.